The van der Waals surface area contributed by atoms with Crippen LogP contribution in [0.25, 0.3) is 0 Å². The van der Waals surface area contributed by atoms with Crippen LogP contribution in [0.15, 0.2) is 18.2 Å². The van der Waals surface area contributed by atoms with Crippen LogP contribution in [0.4, 0.5) is 0 Å². The van der Waals surface area contributed by atoms with Gasteiger partial charge >= 0.3 is 5.97 Å². The zero-order valence-corrected chi connectivity index (χ0v) is 12.8. The summed E-state index contributed by atoms with van der Waals surface area (Å²) >= 11 is 11.8. The Kier molecular flexibility index (Phi) is 6.30. The Labute approximate surface area is 128 Å². The van der Waals surface area contributed by atoms with Gasteiger partial charge in [-0.25, -0.2) is 0 Å². The van der Waals surface area contributed by atoms with E-state index in [2.05, 4.69) is 5.32 Å². The van der Waals surface area contributed by atoms with E-state index in [1.54, 1.807) is 25.1 Å². The number of amides is 1. The van der Waals surface area contributed by atoms with Crippen LogP contribution in [0.1, 0.15) is 19.4 Å². The maximum atomic E-state index is 11.8. The molecule has 1 rings (SSSR count). The Balaban J connectivity index is 2.48. The number of hydrogen-bond acceptors (Lipinski definition) is 2. The van der Waals surface area contributed by atoms with Crippen LogP contribution in [0.3, 0.4) is 0 Å². The summed E-state index contributed by atoms with van der Waals surface area (Å²) < 4.78 is 0. The highest BCUT2D eigenvalue weighted by molar-refractivity contribution is 6.35. The molecular formula is C14H17Cl2NO3. The highest BCUT2D eigenvalue weighted by Crippen LogP contribution is 2.21. The van der Waals surface area contributed by atoms with Gasteiger partial charge in [0.1, 0.15) is 0 Å². The first-order chi connectivity index (χ1) is 9.32. The molecule has 0 saturated carbocycles. The van der Waals surface area contributed by atoms with Crippen LogP contribution in [-0.2, 0) is 16.0 Å². The van der Waals surface area contributed by atoms with Gasteiger partial charge in [-0.3, -0.25) is 9.59 Å². The standard InChI is InChI=1S/C14H17Cl2NO3/c1-8(9(2)14(19)20)13(18)17-6-5-10-3-4-11(15)7-12(10)16/h3-4,7-9H,5-6H2,1-2H3,(H,17,18)(H,19,20). The quantitative estimate of drug-likeness (QED) is 0.847. The van der Waals surface area contributed by atoms with E-state index in [0.29, 0.717) is 23.0 Å². The van der Waals surface area contributed by atoms with Crippen LogP contribution in [0, 0.1) is 11.8 Å². The summed E-state index contributed by atoms with van der Waals surface area (Å²) in [6.07, 6.45) is 0.565. The molecule has 110 valence electrons. The molecule has 0 aromatic heterocycles. The van der Waals surface area contributed by atoms with Crippen molar-refractivity contribution in [3.8, 4) is 0 Å². The van der Waals surface area contributed by atoms with Crippen molar-refractivity contribution in [2.75, 3.05) is 6.54 Å². The maximum Gasteiger partial charge on any atom is 0.307 e. The largest absolute Gasteiger partial charge is 0.481 e. The van der Waals surface area contributed by atoms with E-state index in [0.717, 1.165) is 5.56 Å². The maximum absolute atomic E-state index is 11.8. The normalized spacial score (nSPS) is 13.6. The first kappa shape index (κ1) is 16.8. The van der Waals surface area contributed by atoms with Crippen LogP contribution in [-0.4, -0.2) is 23.5 Å². The zero-order valence-electron chi connectivity index (χ0n) is 11.3. The van der Waals surface area contributed by atoms with E-state index < -0.39 is 17.8 Å². The molecule has 0 radical (unpaired) electrons. The lowest BCUT2D eigenvalue weighted by atomic mass is 9.95. The fourth-order valence-electron chi connectivity index (χ4n) is 1.65. The van der Waals surface area contributed by atoms with Gasteiger partial charge < -0.3 is 10.4 Å². The minimum atomic E-state index is -0.978. The number of hydrogen-bond donors (Lipinski definition) is 2. The van der Waals surface area contributed by atoms with Gasteiger partial charge in [0, 0.05) is 22.5 Å². The van der Waals surface area contributed by atoms with E-state index in [-0.39, 0.29) is 5.91 Å². The minimum absolute atomic E-state index is 0.273. The van der Waals surface area contributed by atoms with Crippen molar-refractivity contribution in [1.29, 1.82) is 0 Å². The molecule has 2 atom stereocenters. The summed E-state index contributed by atoms with van der Waals surface area (Å²) in [6.45, 7) is 3.52. The predicted molar refractivity (Wildman–Crippen MR) is 79.1 cm³/mol. The molecule has 0 heterocycles. The molecule has 0 saturated heterocycles. The summed E-state index contributed by atoms with van der Waals surface area (Å²) in [5, 5.41) is 12.7. The second-order valence-electron chi connectivity index (χ2n) is 4.69. The van der Waals surface area contributed by atoms with Gasteiger partial charge in [0.05, 0.1) is 5.92 Å². The molecule has 0 fully saturated rings. The Morgan fingerprint density at radius 1 is 1.25 bits per heavy atom. The first-order valence-corrected chi connectivity index (χ1v) is 7.03. The van der Waals surface area contributed by atoms with Crippen molar-refractivity contribution >= 4 is 35.1 Å². The molecule has 20 heavy (non-hydrogen) atoms. The van der Waals surface area contributed by atoms with Crippen molar-refractivity contribution in [3.63, 3.8) is 0 Å². The van der Waals surface area contributed by atoms with E-state index in [4.69, 9.17) is 28.3 Å². The van der Waals surface area contributed by atoms with E-state index in [1.165, 1.54) is 6.92 Å². The highest BCUT2D eigenvalue weighted by Gasteiger charge is 2.25. The molecule has 2 N–H and O–H groups in total. The number of halogens is 2. The third kappa shape index (κ3) is 4.69. The first-order valence-electron chi connectivity index (χ1n) is 6.27. The van der Waals surface area contributed by atoms with Crippen LogP contribution in [0.5, 0.6) is 0 Å². The summed E-state index contributed by atoms with van der Waals surface area (Å²) in [4.78, 5) is 22.6. The van der Waals surface area contributed by atoms with Crippen LogP contribution >= 0.6 is 23.2 Å². The van der Waals surface area contributed by atoms with Gasteiger partial charge in [0.2, 0.25) is 5.91 Å². The Hall–Kier alpha value is -1.26. The number of carbonyl (C=O) groups is 2. The number of benzene rings is 1. The Morgan fingerprint density at radius 3 is 2.45 bits per heavy atom. The molecule has 0 aliphatic rings. The monoisotopic (exact) mass is 317 g/mol. The summed E-state index contributed by atoms with van der Waals surface area (Å²) in [5.41, 5.74) is 0.885. The second-order valence-corrected chi connectivity index (χ2v) is 5.54. The fourth-order valence-corrected chi connectivity index (χ4v) is 2.15. The average Bonchev–Trinajstić information content (AvgIpc) is 2.39. The Morgan fingerprint density at radius 2 is 1.90 bits per heavy atom. The summed E-state index contributed by atoms with van der Waals surface area (Å²) in [6, 6.07) is 5.19. The fraction of sp³-hybridized carbons (Fsp3) is 0.429. The molecule has 6 heteroatoms. The SMILES string of the molecule is CC(C(=O)O)C(C)C(=O)NCCc1ccc(Cl)cc1Cl. The zero-order chi connectivity index (χ0) is 15.3. The van der Waals surface area contributed by atoms with Crippen molar-refractivity contribution in [2.45, 2.75) is 20.3 Å². The lowest BCUT2D eigenvalue weighted by Gasteiger charge is -2.15. The molecule has 2 unspecified atom stereocenters. The van der Waals surface area contributed by atoms with Crippen molar-refractivity contribution < 1.29 is 14.7 Å². The average molecular weight is 318 g/mol. The van der Waals surface area contributed by atoms with Gasteiger partial charge in [-0.2, -0.15) is 0 Å². The number of rotatable bonds is 6. The van der Waals surface area contributed by atoms with E-state index in [1.807, 2.05) is 0 Å². The van der Waals surface area contributed by atoms with Crippen LogP contribution < -0.4 is 5.32 Å². The van der Waals surface area contributed by atoms with Gasteiger partial charge in [-0.1, -0.05) is 43.1 Å². The molecule has 4 nitrogen and oxygen atoms in total. The minimum Gasteiger partial charge on any atom is -0.481 e. The molecule has 0 spiro atoms. The molecule has 0 bridgehead atoms. The number of aliphatic carboxylic acids is 1. The lowest BCUT2D eigenvalue weighted by Crippen LogP contribution is -2.36. The van der Waals surface area contributed by atoms with Gasteiger partial charge in [-0.15, -0.1) is 0 Å². The molecule has 1 aromatic carbocycles. The predicted octanol–water partition coefficient (Wildman–Crippen LogP) is 3.01. The van der Waals surface area contributed by atoms with Gasteiger partial charge in [0.25, 0.3) is 0 Å². The lowest BCUT2D eigenvalue weighted by molar-refractivity contribution is -0.146. The second kappa shape index (κ2) is 7.50. The Bertz CT molecular complexity index is 505. The summed E-state index contributed by atoms with van der Waals surface area (Å²) in [7, 11) is 0. The number of carbonyl (C=O) groups excluding carboxylic acids is 1. The number of carboxylic acid groups (broad SMARTS) is 1. The number of nitrogens with one attached hydrogen (secondary N) is 1. The number of carboxylic acids is 1. The van der Waals surface area contributed by atoms with Gasteiger partial charge in [0.15, 0.2) is 0 Å². The third-order valence-corrected chi connectivity index (χ3v) is 3.85. The molecule has 0 aliphatic heterocycles. The summed E-state index contributed by atoms with van der Waals surface area (Å²) in [5.74, 6) is -2.54. The van der Waals surface area contributed by atoms with Crippen LogP contribution in [0.2, 0.25) is 10.0 Å². The van der Waals surface area contributed by atoms with E-state index >= 15 is 0 Å². The molecular weight excluding hydrogens is 301 g/mol. The van der Waals surface area contributed by atoms with Crippen molar-refractivity contribution in [2.24, 2.45) is 11.8 Å². The smallest absolute Gasteiger partial charge is 0.307 e. The molecule has 1 amide bonds. The highest BCUT2D eigenvalue weighted by atomic mass is 35.5. The molecule has 1 aromatic rings. The van der Waals surface area contributed by atoms with Gasteiger partial charge in [-0.05, 0) is 24.1 Å². The molecule has 0 aliphatic carbocycles. The third-order valence-electron chi connectivity index (χ3n) is 3.26. The topological polar surface area (TPSA) is 66.4 Å². The van der Waals surface area contributed by atoms with E-state index in [9.17, 15) is 9.59 Å². The van der Waals surface area contributed by atoms with Crippen molar-refractivity contribution in [3.05, 3.63) is 33.8 Å². The van der Waals surface area contributed by atoms with Crippen molar-refractivity contribution in [1.82, 2.24) is 5.32 Å².